The summed E-state index contributed by atoms with van der Waals surface area (Å²) in [5.74, 6) is 0. The lowest BCUT2D eigenvalue weighted by Crippen LogP contribution is -2.77. The number of benzene rings is 6. The van der Waals surface area contributed by atoms with Crippen LogP contribution >= 0.6 is 0 Å². The Morgan fingerprint density at radius 1 is 0.540 bits per heavy atom. The molecule has 7 heterocycles. The molecule has 0 fully saturated rings. The van der Waals surface area contributed by atoms with E-state index in [1.807, 2.05) is 0 Å². The van der Waals surface area contributed by atoms with Crippen molar-refractivity contribution in [3.05, 3.63) is 162 Å². The molecule has 3 aliphatic heterocycles. The van der Waals surface area contributed by atoms with Crippen LogP contribution in [0.2, 0.25) is 0 Å². The second kappa shape index (κ2) is 8.21. The van der Waals surface area contributed by atoms with Crippen LogP contribution in [0.1, 0.15) is 22.5 Å². The SMILES string of the molecule is Cc1c(-c2ccc3ccccc3c2)c(C)[n+]2n1-c1cccc3c1C21c2c(ccc4c5ccccc5n-3c24)-n2c3ccccc3c3ccc[n+]1c32. The quantitative estimate of drug-likeness (QED) is 0.160. The summed E-state index contributed by atoms with van der Waals surface area (Å²) in [6.07, 6.45) is 2.33. The largest absolute Gasteiger partial charge is 0.394 e. The fourth-order valence-corrected chi connectivity index (χ4v) is 10.4. The van der Waals surface area contributed by atoms with Crippen molar-refractivity contribution in [2.24, 2.45) is 0 Å². The van der Waals surface area contributed by atoms with Gasteiger partial charge in [0.2, 0.25) is 5.69 Å². The van der Waals surface area contributed by atoms with Crippen LogP contribution in [0.15, 0.2) is 140 Å². The van der Waals surface area contributed by atoms with Gasteiger partial charge in [-0.2, -0.15) is 9.13 Å². The Morgan fingerprint density at radius 2 is 1.24 bits per heavy atom. The zero-order valence-corrected chi connectivity index (χ0v) is 27.5. The summed E-state index contributed by atoms with van der Waals surface area (Å²) < 4.78 is 12.9. The molecule has 0 N–H and O–H groups in total. The molecule has 13 rings (SSSR count). The maximum Gasteiger partial charge on any atom is 0.394 e. The highest BCUT2D eigenvalue weighted by molar-refractivity contribution is 6.14. The van der Waals surface area contributed by atoms with Gasteiger partial charge in [-0.25, -0.2) is 0 Å². The fourth-order valence-electron chi connectivity index (χ4n) is 10.4. The van der Waals surface area contributed by atoms with Gasteiger partial charge in [0.15, 0.2) is 5.69 Å². The smallest absolute Gasteiger partial charge is 0.307 e. The molecule has 0 radical (unpaired) electrons. The minimum atomic E-state index is -0.668. The normalized spacial score (nSPS) is 16.3. The second-order valence-electron chi connectivity index (χ2n) is 14.3. The first-order valence-corrected chi connectivity index (χ1v) is 17.5. The third-order valence-corrected chi connectivity index (χ3v) is 12.1. The average Bonchev–Trinajstić information content (AvgIpc) is 3.86. The van der Waals surface area contributed by atoms with Gasteiger partial charge >= 0.3 is 11.3 Å². The maximum atomic E-state index is 2.64. The lowest BCUT2D eigenvalue weighted by molar-refractivity contribution is -0.989. The molecule has 5 nitrogen and oxygen atoms in total. The van der Waals surface area contributed by atoms with Gasteiger partial charge in [0.1, 0.15) is 22.3 Å². The van der Waals surface area contributed by atoms with E-state index < -0.39 is 5.66 Å². The van der Waals surface area contributed by atoms with Crippen molar-refractivity contribution in [3.8, 4) is 28.2 Å². The number of nitrogens with zero attached hydrogens (tertiary/aromatic N) is 5. The van der Waals surface area contributed by atoms with E-state index in [0.717, 1.165) is 0 Å². The van der Waals surface area contributed by atoms with Gasteiger partial charge in [0.05, 0.1) is 39.6 Å². The molecule has 4 aromatic heterocycles. The third-order valence-electron chi connectivity index (χ3n) is 12.1. The van der Waals surface area contributed by atoms with Gasteiger partial charge in [-0.15, -0.1) is 4.68 Å². The predicted octanol–water partition coefficient (Wildman–Crippen LogP) is 8.92. The molecule has 3 aliphatic rings. The number of hydrogen-bond acceptors (Lipinski definition) is 0. The van der Waals surface area contributed by atoms with Crippen molar-refractivity contribution in [2.75, 3.05) is 0 Å². The lowest BCUT2D eigenvalue weighted by Gasteiger charge is -2.33. The lowest BCUT2D eigenvalue weighted by atomic mass is 9.82. The summed E-state index contributed by atoms with van der Waals surface area (Å²) >= 11 is 0. The molecule has 1 unspecified atom stereocenters. The van der Waals surface area contributed by atoms with Crippen molar-refractivity contribution >= 4 is 54.5 Å². The Hall–Kier alpha value is -6.46. The van der Waals surface area contributed by atoms with Crippen molar-refractivity contribution in [1.82, 2.24) is 13.8 Å². The van der Waals surface area contributed by atoms with Crippen LogP contribution in [0.5, 0.6) is 0 Å². The van der Waals surface area contributed by atoms with Crippen LogP contribution in [0.25, 0.3) is 82.7 Å². The zero-order valence-electron chi connectivity index (χ0n) is 27.5. The molecule has 0 aliphatic carbocycles. The minimum absolute atomic E-state index is 0.668. The van der Waals surface area contributed by atoms with E-state index in [0.29, 0.717) is 0 Å². The average molecular weight is 640 g/mol. The van der Waals surface area contributed by atoms with E-state index in [9.17, 15) is 0 Å². The Bertz CT molecular complexity index is 3240. The van der Waals surface area contributed by atoms with Crippen LogP contribution in [0.3, 0.4) is 0 Å². The molecular weight excluding hydrogens is 611 g/mol. The topological polar surface area (TPSA) is 22.5 Å². The van der Waals surface area contributed by atoms with Gasteiger partial charge in [0.25, 0.3) is 0 Å². The summed E-state index contributed by atoms with van der Waals surface area (Å²) in [6, 6.07) is 49.7. The molecule has 232 valence electrons. The standard InChI is InChI=1S/C45H29N5/c1-26-40(30-21-20-28-11-3-4-12-29(28)25-30)27(2)50-45-41-37(18-9-19-39(41)49(26)50)47-35-16-7-5-13-31(35)33-22-23-38(42(45)43(33)47)48-36-17-8-6-14-32(36)34-15-10-24-46(45)44(34)48/h3-25H,1-2H3/q+2. The van der Waals surface area contributed by atoms with E-state index in [4.69, 9.17) is 0 Å². The Kier molecular flexibility index (Phi) is 4.20. The molecular formula is C45H29N5+2. The highest BCUT2D eigenvalue weighted by atomic mass is 15.5. The first kappa shape index (κ1) is 25.5. The van der Waals surface area contributed by atoms with E-state index in [-0.39, 0.29) is 0 Å². The van der Waals surface area contributed by atoms with Gasteiger partial charge in [-0.05, 0) is 83.9 Å². The minimum Gasteiger partial charge on any atom is -0.307 e. The van der Waals surface area contributed by atoms with Crippen LogP contribution in [-0.4, -0.2) is 13.8 Å². The molecule has 1 spiro atoms. The predicted molar refractivity (Wildman–Crippen MR) is 199 cm³/mol. The van der Waals surface area contributed by atoms with E-state index in [1.54, 1.807) is 0 Å². The van der Waals surface area contributed by atoms with E-state index in [2.05, 4.69) is 177 Å². The monoisotopic (exact) mass is 639 g/mol. The van der Waals surface area contributed by atoms with Crippen LogP contribution in [0.4, 0.5) is 0 Å². The number of aromatic nitrogens is 5. The van der Waals surface area contributed by atoms with Crippen molar-refractivity contribution in [1.29, 1.82) is 0 Å². The highest BCUT2D eigenvalue weighted by Crippen LogP contribution is 2.54. The Labute approximate surface area is 286 Å². The number of rotatable bonds is 1. The molecule has 0 saturated carbocycles. The summed E-state index contributed by atoms with van der Waals surface area (Å²) in [7, 11) is 0. The van der Waals surface area contributed by atoms with E-state index in [1.165, 1.54) is 105 Å². The summed E-state index contributed by atoms with van der Waals surface area (Å²) in [5, 5.41) is 7.64. The molecule has 6 aromatic carbocycles. The van der Waals surface area contributed by atoms with Gasteiger partial charge < -0.3 is 4.57 Å². The third kappa shape index (κ3) is 2.52. The van der Waals surface area contributed by atoms with Crippen molar-refractivity contribution in [2.45, 2.75) is 19.5 Å². The summed E-state index contributed by atoms with van der Waals surface area (Å²) in [6.45, 7) is 4.65. The van der Waals surface area contributed by atoms with Crippen LogP contribution in [-0.2, 0) is 5.66 Å². The highest BCUT2D eigenvalue weighted by Gasteiger charge is 2.69. The number of hydrogen-bond donors (Lipinski definition) is 0. The van der Waals surface area contributed by atoms with Crippen LogP contribution in [0, 0.1) is 13.8 Å². The maximum absolute atomic E-state index is 2.64. The van der Waals surface area contributed by atoms with Gasteiger partial charge in [-0.3, -0.25) is 0 Å². The number of fused-ring (bicyclic) bond motifs is 11. The molecule has 0 amide bonds. The van der Waals surface area contributed by atoms with Crippen molar-refractivity contribution < 1.29 is 9.25 Å². The number of pyridine rings is 1. The molecule has 5 heteroatoms. The van der Waals surface area contributed by atoms with Crippen LogP contribution < -0.4 is 9.25 Å². The van der Waals surface area contributed by atoms with Crippen molar-refractivity contribution in [3.63, 3.8) is 0 Å². The Balaban J connectivity index is 1.30. The molecule has 10 aromatic rings. The molecule has 0 saturated heterocycles. The van der Waals surface area contributed by atoms with E-state index >= 15 is 0 Å². The van der Waals surface area contributed by atoms with Gasteiger partial charge in [-0.1, -0.05) is 77.5 Å². The Morgan fingerprint density at radius 3 is 2.10 bits per heavy atom. The first-order chi connectivity index (χ1) is 24.7. The zero-order chi connectivity index (χ0) is 32.6. The second-order valence-corrected chi connectivity index (χ2v) is 14.3. The number of para-hydroxylation sites is 2. The molecule has 50 heavy (non-hydrogen) atoms. The van der Waals surface area contributed by atoms with Gasteiger partial charge in [0, 0.05) is 23.1 Å². The fraction of sp³-hybridized carbons (Fsp3) is 0.0667. The summed E-state index contributed by atoms with van der Waals surface area (Å²) in [4.78, 5) is 0. The molecule has 0 bridgehead atoms. The first-order valence-electron chi connectivity index (χ1n) is 17.5. The molecule has 1 atom stereocenters. The summed E-state index contributed by atoms with van der Waals surface area (Å²) in [5.41, 5.74) is 15.7.